The van der Waals surface area contributed by atoms with Crippen molar-refractivity contribution < 1.29 is 28.9 Å². The van der Waals surface area contributed by atoms with Crippen molar-refractivity contribution in [3.05, 3.63) is 59.4 Å². The van der Waals surface area contributed by atoms with Gasteiger partial charge in [0.15, 0.2) is 11.5 Å². The van der Waals surface area contributed by atoms with Crippen LogP contribution in [-0.2, 0) is 14.3 Å². The van der Waals surface area contributed by atoms with E-state index < -0.39 is 17.7 Å². The van der Waals surface area contributed by atoms with Gasteiger partial charge < -0.3 is 24.2 Å². The maximum atomic E-state index is 12.8. The molecule has 0 radical (unpaired) electrons. The van der Waals surface area contributed by atoms with E-state index in [1.807, 2.05) is 0 Å². The van der Waals surface area contributed by atoms with Crippen LogP contribution in [0.25, 0.3) is 5.76 Å². The van der Waals surface area contributed by atoms with Crippen molar-refractivity contribution in [2.45, 2.75) is 6.04 Å². The van der Waals surface area contributed by atoms with Gasteiger partial charge in [-0.3, -0.25) is 14.6 Å². The predicted molar refractivity (Wildman–Crippen MR) is 105 cm³/mol. The van der Waals surface area contributed by atoms with Crippen LogP contribution in [0.5, 0.6) is 11.5 Å². The first-order chi connectivity index (χ1) is 14.0. The fourth-order valence-electron chi connectivity index (χ4n) is 3.34. The number of Topliss-reactive ketones (excluding diaryl/α,β-unsaturated/α-hetero) is 1. The second-order valence-corrected chi connectivity index (χ2v) is 6.34. The molecule has 2 heterocycles. The van der Waals surface area contributed by atoms with E-state index in [1.165, 1.54) is 38.6 Å². The van der Waals surface area contributed by atoms with Gasteiger partial charge in [0, 0.05) is 31.6 Å². The molecule has 152 valence electrons. The molecule has 1 amide bonds. The summed E-state index contributed by atoms with van der Waals surface area (Å²) >= 11 is 0. The molecule has 1 aliphatic heterocycles. The molecule has 1 aliphatic rings. The van der Waals surface area contributed by atoms with Gasteiger partial charge in [0.2, 0.25) is 0 Å². The summed E-state index contributed by atoms with van der Waals surface area (Å²) in [5, 5.41) is 10.9. The SMILES string of the molecule is COCCN1C(=O)C(=O)C(=C(O)c2ccncc2)C1c1ccc(OC)c(OC)c1. The van der Waals surface area contributed by atoms with Crippen molar-refractivity contribution >= 4 is 17.4 Å². The molecule has 1 fully saturated rings. The number of aliphatic hydroxyl groups is 1. The number of ether oxygens (including phenoxy) is 3. The number of aromatic nitrogens is 1. The number of hydrogen-bond acceptors (Lipinski definition) is 7. The Morgan fingerprint density at radius 2 is 1.76 bits per heavy atom. The summed E-state index contributed by atoms with van der Waals surface area (Å²) in [6.07, 6.45) is 3.00. The molecule has 1 unspecified atom stereocenters. The van der Waals surface area contributed by atoms with E-state index in [2.05, 4.69) is 4.98 Å². The fraction of sp³-hybridized carbons (Fsp3) is 0.286. The van der Waals surface area contributed by atoms with Crippen LogP contribution in [0.4, 0.5) is 0 Å². The van der Waals surface area contributed by atoms with Crippen molar-refractivity contribution in [2.24, 2.45) is 0 Å². The zero-order valence-corrected chi connectivity index (χ0v) is 16.4. The van der Waals surface area contributed by atoms with Crippen molar-refractivity contribution in [1.29, 1.82) is 0 Å². The quantitative estimate of drug-likeness (QED) is 0.434. The highest BCUT2D eigenvalue weighted by Gasteiger charge is 2.46. The highest BCUT2D eigenvalue weighted by atomic mass is 16.5. The highest BCUT2D eigenvalue weighted by molar-refractivity contribution is 6.46. The first-order valence-electron chi connectivity index (χ1n) is 8.93. The Morgan fingerprint density at radius 1 is 1.07 bits per heavy atom. The Morgan fingerprint density at radius 3 is 2.38 bits per heavy atom. The predicted octanol–water partition coefficient (Wildman–Crippen LogP) is 2.17. The second kappa shape index (κ2) is 8.74. The van der Waals surface area contributed by atoms with Gasteiger partial charge in [0.25, 0.3) is 11.7 Å². The standard InChI is InChI=1S/C21H22N2O6/c1-27-11-10-23-18(14-4-5-15(28-2)16(12-14)29-3)17(20(25)21(23)26)19(24)13-6-8-22-9-7-13/h4-9,12,18,24H,10-11H2,1-3H3. The van der Waals surface area contributed by atoms with E-state index in [0.29, 0.717) is 22.6 Å². The summed E-state index contributed by atoms with van der Waals surface area (Å²) in [4.78, 5) is 30.9. The zero-order chi connectivity index (χ0) is 21.0. The summed E-state index contributed by atoms with van der Waals surface area (Å²) in [5.41, 5.74) is 1.01. The van der Waals surface area contributed by atoms with Crippen LogP contribution in [0.15, 0.2) is 48.3 Å². The molecule has 29 heavy (non-hydrogen) atoms. The highest BCUT2D eigenvalue weighted by Crippen LogP contribution is 2.41. The summed E-state index contributed by atoms with van der Waals surface area (Å²) in [5.74, 6) is -0.747. The molecule has 8 heteroatoms. The lowest BCUT2D eigenvalue weighted by atomic mass is 9.95. The molecule has 0 aliphatic carbocycles. The van der Waals surface area contributed by atoms with Gasteiger partial charge in [0.05, 0.1) is 32.4 Å². The topological polar surface area (TPSA) is 98.2 Å². The fourth-order valence-corrected chi connectivity index (χ4v) is 3.34. The lowest BCUT2D eigenvalue weighted by molar-refractivity contribution is -0.140. The number of rotatable bonds is 7. The average molecular weight is 398 g/mol. The van der Waals surface area contributed by atoms with Crippen LogP contribution in [-0.4, -0.2) is 61.2 Å². The molecular formula is C21H22N2O6. The molecule has 8 nitrogen and oxygen atoms in total. The van der Waals surface area contributed by atoms with Crippen molar-refractivity contribution in [2.75, 3.05) is 34.5 Å². The number of nitrogens with zero attached hydrogens (tertiary/aromatic N) is 2. The Kier molecular flexibility index (Phi) is 6.13. The molecule has 3 rings (SSSR count). The van der Waals surface area contributed by atoms with Crippen LogP contribution in [0.2, 0.25) is 0 Å². The van der Waals surface area contributed by atoms with E-state index in [4.69, 9.17) is 14.2 Å². The van der Waals surface area contributed by atoms with Crippen LogP contribution in [0, 0.1) is 0 Å². The zero-order valence-electron chi connectivity index (χ0n) is 16.4. The summed E-state index contributed by atoms with van der Waals surface area (Å²) < 4.78 is 15.7. The Balaban J connectivity index is 2.18. The third-order valence-electron chi connectivity index (χ3n) is 4.75. The normalized spacial score (nSPS) is 18.2. The number of carbonyl (C=O) groups is 2. The van der Waals surface area contributed by atoms with E-state index in [1.54, 1.807) is 30.3 Å². The monoisotopic (exact) mass is 398 g/mol. The number of methoxy groups -OCH3 is 3. The minimum absolute atomic E-state index is 0.00419. The van der Waals surface area contributed by atoms with E-state index in [9.17, 15) is 14.7 Å². The first kappa shape index (κ1) is 20.3. The second-order valence-electron chi connectivity index (χ2n) is 6.34. The largest absolute Gasteiger partial charge is 0.507 e. The molecule has 1 aromatic carbocycles. The van der Waals surface area contributed by atoms with Crippen LogP contribution < -0.4 is 9.47 Å². The van der Waals surface area contributed by atoms with Gasteiger partial charge in [-0.2, -0.15) is 0 Å². The van der Waals surface area contributed by atoms with Gasteiger partial charge in [0.1, 0.15) is 5.76 Å². The number of ketones is 1. The van der Waals surface area contributed by atoms with Crippen LogP contribution in [0.1, 0.15) is 17.2 Å². The molecule has 0 saturated carbocycles. The molecule has 2 aromatic rings. The van der Waals surface area contributed by atoms with Crippen molar-refractivity contribution in [1.82, 2.24) is 9.88 Å². The number of amides is 1. The molecule has 0 spiro atoms. The summed E-state index contributed by atoms with van der Waals surface area (Å²) in [6, 6.07) is 7.47. The van der Waals surface area contributed by atoms with Gasteiger partial charge in [-0.1, -0.05) is 6.07 Å². The lowest BCUT2D eigenvalue weighted by Crippen LogP contribution is -2.32. The molecule has 1 atom stereocenters. The van der Waals surface area contributed by atoms with E-state index in [0.717, 1.165) is 0 Å². The summed E-state index contributed by atoms with van der Waals surface area (Å²) in [6.45, 7) is 0.430. The maximum Gasteiger partial charge on any atom is 0.295 e. The Labute approximate surface area is 168 Å². The minimum atomic E-state index is -0.793. The number of aliphatic hydroxyl groups excluding tert-OH is 1. The number of benzene rings is 1. The molecule has 1 N–H and O–H groups in total. The average Bonchev–Trinajstić information content (AvgIpc) is 3.01. The Hall–Kier alpha value is -3.39. The van der Waals surface area contributed by atoms with Gasteiger partial charge in [-0.25, -0.2) is 0 Å². The van der Waals surface area contributed by atoms with Gasteiger partial charge in [-0.05, 0) is 29.8 Å². The number of likely N-dealkylation sites (tertiary alicyclic amines) is 1. The number of pyridine rings is 1. The lowest BCUT2D eigenvalue weighted by Gasteiger charge is -2.25. The van der Waals surface area contributed by atoms with Crippen LogP contribution >= 0.6 is 0 Å². The molecule has 0 bridgehead atoms. The first-order valence-corrected chi connectivity index (χ1v) is 8.93. The number of carbonyl (C=O) groups excluding carboxylic acids is 2. The third-order valence-corrected chi connectivity index (χ3v) is 4.75. The van der Waals surface area contributed by atoms with Gasteiger partial charge >= 0.3 is 0 Å². The number of hydrogen-bond donors (Lipinski definition) is 1. The maximum absolute atomic E-state index is 12.8. The molecular weight excluding hydrogens is 376 g/mol. The molecule has 1 aromatic heterocycles. The smallest absolute Gasteiger partial charge is 0.295 e. The third kappa shape index (κ3) is 3.79. The summed E-state index contributed by atoms with van der Waals surface area (Å²) in [7, 11) is 4.53. The van der Waals surface area contributed by atoms with Crippen LogP contribution in [0.3, 0.4) is 0 Å². The van der Waals surface area contributed by atoms with Crippen molar-refractivity contribution in [3.63, 3.8) is 0 Å². The Bertz CT molecular complexity index is 941. The van der Waals surface area contributed by atoms with Gasteiger partial charge in [-0.15, -0.1) is 0 Å². The van der Waals surface area contributed by atoms with E-state index in [-0.39, 0.29) is 24.5 Å². The van der Waals surface area contributed by atoms with E-state index >= 15 is 0 Å². The van der Waals surface area contributed by atoms with Crippen molar-refractivity contribution in [3.8, 4) is 11.5 Å². The minimum Gasteiger partial charge on any atom is -0.507 e. The molecule has 1 saturated heterocycles.